The quantitative estimate of drug-likeness (QED) is 0.877. The zero-order valence-electron chi connectivity index (χ0n) is 11.0. The summed E-state index contributed by atoms with van der Waals surface area (Å²) in [4.78, 5) is 11.2. The van der Waals surface area contributed by atoms with Crippen LogP contribution in [-0.4, -0.2) is 35.5 Å². The van der Waals surface area contributed by atoms with Gasteiger partial charge in [0.05, 0.1) is 16.7 Å². The van der Waals surface area contributed by atoms with E-state index in [2.05, 4.69) is 50.0 Å². The van der Waals surface area contributed by atoms with E-state index < -0.39 is 0 Å². The first-order valence-electron chi connectivity index (χ1n) is 6.02. The van der Waals surface area contributed by atoms with Gasteiger partial charge in [0, 0.05) is 6.54 Å². The normalized spacial score (nSPS) is 10.9. The lowest BCUT2D eigenvalue weighted by molar-refractivity contribution is 0.389. The highest BCUT2D eigenvalue weighted by Gasteiger charge is 2.11. The molecule has 1 rings (SSSR count). The summed E-state index contributed by atoms with van der Waals surface area (Å²) in [6.45, 7) is 5.86. The Kier molecular flexibility index (Phi) is 5.85. The summed E-state index contributed by atoms with van der Waals surface area (Å²) in [6, 6.07) is 0. The largest absolute Gasteiger partial charge is 0.369 e. The van der Waals surface area contributed by atoms with Crippen LogP contribution in [0, 0.1) is 0 Å². The number of anilines is 1. The smallest absolute Gasteiger partial charge is 0.145 e. The molecule has 0 aromatic carbocycles. The lowest BCUT2D eigenvalue weighted by Crippen LogP contribution is -2.16. The van der Waals surface area contributed by atoms with Crippen LogP contribution in [0.1, 0.15) is 31.8 Å². The minimum absolute atomic E-state index is 0.766. The van der Waals surface area contributed by atoms with Crippen LogP contribution in [0.5, 0.6) is 0 Å². The minimum atomic E-state index is 0.766. The molecule has 5 heteroatoms. The van der Waals surface area contributed by atoms with Crippen LogP contribution in [-0.2, 0) is 13.0 Å². The van der Waals surface area contributed by atoms with Gasteiger partial charge >= 0.3 is 0 Å². The Labute approximate surface area is 112 Å². The number of hydrogen-bond donors (Lipinski definition) is 1. The van der Waals surface area contributed by atoms with E-state index in [0.717, 1.165) is 47.7 Å². The van der Waals surface area contributed by atoms with E-state index in [9.17, 15) is 0 Å². The predicted octanol–water partition coefficient (Wildman–Crippen LogP) is 2.69. The summed E-state index contributed by atoms with van der Waals surface area (Å²) in [7, 11) is 4.05. The number of aromatic nitrogens is 2. The first-order valence-corrected chi connectivity index (χ1v) is 6.81. The lowest BCUT2D eigenvalue weighted by Gasteiger charge is -2.14. The molecule has 0 amide bonds. The highest BCUT2D eigenvalue weighted by Crippen LogP contribution is 2.24. The molecule has 0 fully saturated rings. The molecule has 96 valence electrons. The molecule has 0 saturated heterocycles. The van der Waals surface area contributed by atoms with Gasteiger partial charge in [-0.05, 0) is 43.4 Å². The van der Waals surface area contributed by atoms with Crippen LogP contribution in [0.3, 0.4) is 0 Å². The van der Waals surface area contributed by atoms with Gasteiger partial charge in [-0.25, -0.2) is 9.97 Å². The Morgan fingerprint density at radius 2 is 1.94 bits per heavy atom. The zero-order valence-corrected chi connectivity index (χ0v) is 12.6. The molecule has 0 bridgehead atoms. The summed E-state index contributed by atoms with van der Waals surface area (Å²) in [5, 5.41) is 3.27. The fraction of sp³-hybridized carbons (Fsp3) is 0.667. The molecule has 0 aliphatic carbocycles. The van der Waals surface area contributed by atoms with Crippen LogP contribution in [0.15, 0.2) is 4.47 Å². The number of halogens is 1. The Bertz CT molecular complexity index is 339. The van der Waals surface area contributed by atoms with E-state index in [1.807, 2.05) is 14.1 Å². The molecule has 0 aliphatic heterocycles. The number of hydrogen-bond acceptors (Lipinski definition) is 4. The number of nitrogens with zero attached hydrogens (tertiary/aromatic N) is 3. The molecular weight excluding hydrogens is 280 g/mol. The Morgan fingerprint density at radius 3 is 2.47 bits per heavy atom. The summed E-state index contributed by atoms with van der Waals surface area (Å²) >= 11 is 3.58. The second kappa shape index (κ2) is 6.91. The van der Waals surface area contributed by atoms with Gasteiger partial charge in [0.25, 0.3) is 0 Å². The monoisotopic (exact) mass is 300 g/mol. The minimum Gasteiger partial charge on any atom is -0.369 e. The van der Waals surface area contributed by atoms with E-state index >= 15 is 0 Å². The van der Waals surface area contributed by atoms with E-state index in [0.29, 0.717) is 0 Å². The van der Waals surface area contributed by atoms with Crippen molar-refractivity contribution in [3.05, 3.63) is 16.0 Å². The molecule has 4 nitrogen and oxygen atoms in total. The topological polar surface area (TPSA) is 41.1 Å². The summed E-state index contributed by atoms with van der Waals surface area (Å²) in [6.07, 6.45) is 2.06. The van der Waals surface area contributed by atoms with Gasteiger partial charge in [0.15, 0.2) is 0 Å². The third kappa shape index (κ3) is 4.24. The standard InChI is InChI=1S/C12H21BrN4/c1-5-7-9-11(13)12(14-6-2)16-10(15-9)8-17(3)4/h5-8H2,1-4H3,(H,14,15,16). The zero-order chi connectivity index (χ0) is 12.8. The van der Waals surface area contributed by atoms with Gasteiger partial charge in [-0.2, -0.15) is 0 Å². The second-order valence-corrected chi connectivity index (χ2v) is 5.06. The van der Waals surface area contributed by atoms with E-state index in [-0.39, 0.29) is 0 Å². The van der Waals surface area contributed by atoms with Crippen LogP contribution in [0.4, 0.5) is 5.82 Å². The highest BCUT2D eigenvalue weighted by molar-refractivity contribution is 9.10. The summed E-state index contributed by atoms with van der Waals surface area (Å²) in [5.74, 6) is 1.78. The van der Waals surface area contributed by atoms with Gasteiger partial charge in [-0.15, -0.1) is 0 Å². The van der Waals surface area contributed by atoms with Crippen molar-refractivity contribution in [1.29, 1.82) is 0 Å². The van der Waals surface area contributed by atoms with Gasteiger partial charge in [-0.3, -0.25) is 0 Å². The first-order chi connectivity index (χ1) is 8.08. The van der Waals surface area contributed by atoms with Crippen molar-refractivity contribution in [2.24, 2.45) is 0 Å². The van der Waals surface area contributed by atoms with E-state index in [4.69, 9.17) is 0 Å². The average Bonchev–Trinajstić information content (AvgIpc) is 2.24. The number of aryl methyl sites for hydroxylation is 1. The van der Waals surface area contributed by atoms with Gasteiger partial charge in [0.1, 0.15) is 11.6 Å². The fourth-order valence-corrected chi connectivity index (χ4v) is 2.10. The van der Waals surface area contributed by atoms with Crippen molar-refractivity contribution in [3.63, 3.8) is 0 Å². The Morgan fingerprint density at radius 1 is 1.24 bits per heavy atom. The molecule has 0 saturated carbocycles. The molecule has 0 radical (unpaired) electrons. The van der Waals surface area contributed by atoms with Crippen LogP contribution in [0.2, 0.25) is 0 Å². The summed E-state index contributed by atoms with van der Waals surface area (Å²) in [5.41, 5.74) is 1.09. The maximum absolute atomic E-state index is 4.61. The molecule has 1 heterocycles. The Balaban J connectivity index is 3.06. The maximum atomic E-state index is 4.61. The van der Waals surface area contributed by atoms with Crippen LogP contribution in [0.25, 0.3) is 0 Å². The molecule has 1 N–H and O–H groups in total. The van der Waals surface area contributed by atoms with Crippen molar-refractivity contribution in [1.82, 2.24) is 14.9 Å². The molecule has 1 aromatic heterocycles. The summed E-state index contributed by atoms with van der Waals surface area (Å²) < 4.78 is 1.00. The third-order valence-corrected chi connectivity index (χ3v) is 3.09. The average molecular weight is 301 g/mol. The van der Waals surface area contributed by atoms with E-state index in [1.165, 1.54) is 0 Å². The van der Waals surface area contributed by atoms with Crippen molar-refractivity contribution >= 4 is 21.7 Å². The van der Waals surface area contributed by atoms with Crippen molar-refractivity contribution in [2.75, 3.05) is 26.0 Å². The van der Waals surface area contributed by atoms with Gasteiger partial charge in [0.2, 0.25) is 0 Å². The molecule has 1 aromatic rings. The third-order valence-electron chi connectivity index (χ3n) is 2.25. The number of rotatable bonds is 6. The van der Waals surface area contributed by atoms with Crippen molar-refractivity contribution in [2.45, 2.75) is 33.2 Å². The van der Waals surface area contributed by atoms with Crippen LogP contribution >= 0.6 is 15.9 Å². The number of nitrogens with one attached hydrogen (secondary N) is 1. The van der Waals surface area contributed by atoms with Gasteiger partial charge < -0.3 is 10.2 Å². The molecular formula is C12H21BrN4. The Hall–Kier alpha value is -0.680. The molecule has 0 unspecified atom stereocenters. The molecule has 17 heavy (non-hydrogen) atoms. The van der Waals surface area contributed by atoms with Crippen LogP contribution < -0.4 is 5.32 Å². The SMILES string of the molecule is CCCc1nc(CN(C)C)nc(NCC)c1Br. The van der Waals surface area contributed by atoms with E-state index in [1.54, 1.807) is 0 Å². The lowest BCUT2D eigenvalue weighted by atomic mass is 10.2. The predicted molar refractivity (Wildman–Crippen MR) is 75.3 cm³/mol. The second-order valence-electron chi connectivity index (χ2n) is 4.27. The van der Waals surface area contributed by atoms with Crippen molar-refractivity contribution in [3.8, 4) is 0 Å². The fourth-order valence-electron chi connectivity index (χ4n) is 1.59. The van der Waals surface area contributed by atoms with Gasteiger partial charge in [-0.1, -0.05) is 13.3 Å². The maximum Gasteiger partial charge on any atom is 0.145 e. The molecule has 0 aliphatic rings. The first kappa shape index (κ1) is 14.4. The molecule has 0 spiro atoms. The van der Waals surface area contributed by atoms with Crippen molar-refractivity contribution < 1.29 is 0 Å². The molecule has 0 atom stereocenters. The highest BCUT2D eigenvalue weighted by atomic mass is 79.9.